The van der Waals surface area contributed by atoms with Crippen LogP contribution >= 0.6 is 22.9 Å². The lowest BCUT2D eigenvalue weighted by Gasteiger charge is -2.32. The fourth-order valence-corrected chi connectivity index (χ4v) is 4.21. The number of nitrogens with zero attached hydrogens (tertiary/aromatic N) is 1. The molecule has 0 aromatic carbocycles. The summed E-state index contributed by atoms with van der Waals surface area (Å²) in [4.78, 5) is 25.4. The number of thiophene rings is 1. The Morgan fingerprint density at radius 2 is 2.00 bits per heavy atom. The molecular weight excluding hydrogens is 336 g/mol. The summed E-state index contributed by atoms with van der Waals surface area (Å²) in [7, 11) is 0. The number of carbonyl (C=O) groups excluding carboxylic acids is 1. The van der Waals surface area contributed by atoms with Crippen LogP contribution in [-0.4, -0.2) is 41.1 Å². The van der Waals surface area contributed by atoms with Crippen molar-refractivity contribution in [2.24, 2.45) is 11.8 Å². The lowest BCUT2D eigenvalue weighted by atomic mass is 9.88. The molecule has 2 amide bonds. The fraction of sp³-hybridized carbons (Fsp3) is 0.625. The second-order valence-electron chi connectivity index (χ2n) is 6.47. The van der Waals surface area contributed by atoms with Crippen LogP contribution in [0.5, 0.6) is 0 Å². The molecule has 0 spiro atoms. The highest BCUT2D eigenvalue weighted by molar-refractivity contribution is 7.17. The zero-order chi connectivity index (χ0) is 16.4. The minimum atomic E-state index is -0.829. The molecular formula is C16H21ClN2O3S. The molecule has 1 saturated carbocycles. The highest BCUT2D eigenvalue weighted by Crippen LogP contribution is 2.37. The van der Waals surface area contributed by atoms with Gasteiger partial charge in [0.25, 0.3) is 5.91 Å². The molecule has 5 nitrogen and oxygen atoms in total. The highest BCUT2D eigenvalue weighted by Gasteiger charge is 2.35. The molecule has 2 aliphatic rings. The van der Waals surface area contributed by atoms with Crippen LogP contribution in [0.4, 0.5) is 4.79 Å². The third-order valence-electron chi connectivity index (χ3n) is 4.78. The molecule has 126 valence electrons. The average Bonchev–Trinajstić information content (AvgIpc) is 3.28. The van der Waals surface area contributed by atoms with Gasteiger partial charge in [0, 0.05) is 19.1 Å². The minimum absolute atomic E-state index is 0.0400. The molecule has 1 aromatic heterocycles. The quantitative estimate of drug-likeness (QED) is 0.845. The van der Waals surface area contributed by atoms with Crippen LogP contribution in [0.1, 0.15) is 41.8 Å². The standard InChI is InChI=1S/C16H21ClN2O3S/c17-14-4-3-13(23-14)15(20)18-12(11-1-2-11)9-10-5-7-19(8-6-10)16(21)22/h3-4,10-12H,1-2,5-9H2,(H,18,20)(H,21,22)/t12-/m0/s1. The van der Waals surface area contributed by atoms with E-state index in [9.17, 15) is 9.59 Å². The maximum absolute atomic E-state index is 12.3. The van der Waals surface area contributed by atoms with E-state index in [1.807, 2.05) is 0 Å². The van der Waals surface area contributed by atoms with Crippen LogP contribution in [0.3, 0.4) is 0 Å². The Morgan fingerprint density at radius 1 is 1.30 bits per heavy atom. The van der Waals surface area contributed by atoms with E-state index in [0.29, 0.717) is 34.1 Å². The molecule has 1 saturated heterocycles. The van der Waals surface area contributed by atoms with Gasteiger partial charge in [0.05, 0.1) is 9.21 Å². The molecule has 0 bridgehead atoms. The van der Waals surface area contributed by atoms with Crippen LogP contribution < -0.4 is 5.32 Å². The molecule has 23 heavy (non-hydrogen) atoms. The molecule has 2 heterocycles. The minimum Gasteiger partial charge on any atom is -0.465 e. The van der Waals surface area contributed by atoms with Gasteiger partial charge in [-0.1, -0.05) is 11.6 Å². The molecule has 0 unspecified atom stereocenters. The van der Waals surface area contributed by atoms with E-state index >= 15 is 0 Å². The third-order valence-corrected chi connectivity index (χ3v) is 6.01. The fourth-order valence-electron chi connectivity index (χ4n) is 3.26. The van der Waals surface area contributed by atoms with E-state index in [-0.39, 0.29) is 11.9 Å². The first kappa shape index (κ1) is 16.6. The SMILES string of the molecule is O=C(N[C@@H](CC1CCN(C(=O)O)CC1)C1CC1)c1ccc(Cl)s1. The lowest BCUT2D eigenvalue weighted by Crippen LogP contribution is -2.41. The van der Waals surface area contributed by atoms with Gasteiger partial charge < -0.3 is 15.3 Å². The normalized spacial score (nSPS) is 20.3. The van der Waals surface area contributed by atoms with Gasteiger partial charge in [-0.25, -0.2) is 4.79 Å². The molecule has 1 aliphatic heterocycles. The first-order valence-corrected chi connectivity index (χ1v) is 9.26. The van der Waals surface area contributed by atoms with E-state index in [1.165, 1.54) is 29.1 Å². The zero-order valence-electron chi connectivity index (χ0n) is 12.8. The molecule has 7 heteroatoms. The molecule has 2 fully saturated rings. The summed E-state index contributed by atoms with van der Waals surface area (Å²) in [5.41, 5.74) is 0. The molecule has 1 atom stereocenters. The predicted octanol–water partition coefficient (Wildman–Crippen LogP) is 3.69. The molecule has 1 aliphatic carbocycles. The van der Waals surface area contributed by atoms with Crippen molar-refractivity contribution in [3.8, 4) is 0 Å². The lowest BCUT2D eigenvalue weighted by molar-refractivity contribution is 0.0919. The third kappa shape index (κ3) is 4.38. The number of nitrogens with one attached hydrogen (secondary N) is 1. The van der Waals surface area contributed by atoms with Crippen LogP contribution in [0, 0.1) is 11.8 Å². The summed E-state index contributed by atoms with van der Waals surface area (Å²) in [5, 5.41) is 12.2. The number of piperidine rings is 1. The van der Waals surface area contributed by atoms with Gasteiger partial charge >= 0.3 is 6.09 Å². The summed E-state index contributed by atoms with van der Waals surface area (Å²) in [6.45, 7) is 1.21. The van der Waals surface area contributed by atoms with E-state index < -0.39 is 6.09 Å². The number of amides is 2. The number of carbonyl (C=O) groups is 2. The summed E-state index contributed by atoms with van der Waals surface area (Å²) < 4.78 is 0.624. The van der Waals surface area contributed by atoms with Crippen LogP contribution in [0.15, 0.2) is 12.1 Å². The predicted molar refractivity (Wildman–Crippen MR) is 90.2 cm³/mol. The molecule has 1 aromatic rings. The van der Waals surface area contributed by atoms with E-state index in [1.54, 1.807) is 12.1 Å². The van der Waals surface area contributed by atoms with Gasteiger partial charge in [-0.15, -0.1) is 11.3 Å². The van der Waals surface area contributed by atoms with Crippen LogP contribution in [-0.2, 0) is 0 Å². The van der Waals surface area contributed by atoms with Gasteiger partial charge in [0.1, 0.15) is 0 Å². The van der Waals surface area contributed by atoms with Gasteiger partial charge in [-0.05, 0) is 56.1 Å². The Kier molecular flexibility index (Phi) is 5.11. The van der Waals surface area contributed by atoms with E-state index in [2.05, 4.69) is 5.32 Å². The van der Waals surface area contributed by atoms with E-state index in [0.717, 1.165) is 19.3 Å². The Hall–Kier alpha value is -1.27. The van der Waals surface area contributed by atoms with Crippen molar-refractivity contribution in [1.82, 2.24) is 10.2 Å². The first-order chi connectivity index (χ1) is 11.0. The molecule has 0 radical (unpaired) electrons. The number of hydrogen-bond donors (Lipinski definition) is 2. The Balaban J connectivity index is 1.53. The molecule has 3 rings (SSSR count). The number of hydrogen-bond acceptors (Lipinski definition) is 3. The second-order valence-corrected chi connectivity index (χ2v) is 8.18. The van der Waals surface area contributed by atoms with E-state index in [4.69, 9.17) is 16.7 Å². The first-order valence-electron chi connectivity index (χ1n) is 8.07. The van der Waals surface area contributed by atoms with Crippen molar-refractivity contribution in [1.29, 1.82) is 0 Å². The average molecular weight is 357 g/mol. The van der Waals surface area contributed by atoms with Crippen LogP contribution in [0.2, 0.25) is 4.34 Å². The smallest absolute Gasteiger partial charge is 0.407 e. The maximum Gasteiger partial charge on any atom is 0.407 e. The number of rotatable bonds is 5. The van der Waals surface area contributed by atoms with Gasteiger partial charge in [0.15, 0.2) is 0 Å². The summed E-state index contributed by atoms with van der Waals surface area (Å²) in [5.74, 6) is 1.03. The summed E-state index contributed by atoms with van der Waals surface area (Å²) >= 11 is 7.20. The van der Waals surface area contributed by atoms with Gasteiger partial charge in [0.2, 0.25) is 0 Å². The second kappa shape index (κ2) is 7.09. The van der Waals surface area contributed by atoms with Gasteiger partial charge in [-0.3, -0.25) is 4.79 Å². The number of carboxylic acid groups (broad SMARTS) is 1. The zero-order valence-corrected chi connectivity index (χ0v) is 14.4. The Bertz CT molecular complexity index is 580. The Morgan fingerprint density at radius 3 is 2.52 bits per heavy atom. The van der Waals surface area contributed by atoms with Gasteiger partial charge in [-0.2, -0.15) is 0 Å². The van der Waals surface area contributed by atoms with Crippen LogP contribution in [0.25, 0.3) is 0 Å². The van der Waals surface area contributed by atoms with Crippen molar-refractivity contribution < 1.29 is 14.7 Å². The molecule has 2 N–H and O–H groups in total. The van der Waals surface area contributed by atoms with Crippen molar-refractivity contribution >= 4 is 34.9 Å². The monoisotopic (exact) mass is 356 g/mol. The van der Waals surface area contributed by atoms with Crippen molar-refractivity contribution in [3.63, 3.8) is 0 Å². The largest absolute Gasteiger partial charge is 0.465 e. The number of halogens is 1. The number of likely N-dealkylation sites (tertiary alicyclic amines) is 1. The topological polar surface area (TPSA) is 69.6 Å². The summed E-state index contributed by atoms with van der Waals surface area (Å²) in [6, 6.07) is 3.71. The van der Waals surface area contributed by atoms with Crippen molar-refractivity contribution in [3.05, 3.63) is 21.3 Å². The summed E-state index contributed by atoms with van der Waals surface area (Å²) in [6.07, 6.45) is 4.23. The Labute approximate surface area is 144 Å². The highest BCUT2D eigenvalue weighted by atomic mass is 35.5. The van der Waals surface area contributed by atoms with Crippen molar-refractivity contribution in [2.45, 2.75) is 38.1 Å². The maximum atomic E-state index is 12.3. The van der Waals surface area contributed by atoms with Crippen molar-refractivity contribution in [2.75, 3.05) is 13.1 Å².